The molecule has 3 N–H and O–H groups in total. The third-order valence-corrected chi connectivity index (χ3v) is 4.24. The standard InChI is InChI=1S/C17H25N3O3/c1-3-12(2)23-15-8-6-13(7-9-15)17(22)20-10-4-5-14(11-20)16(21)19-18/h6-9,12,14H,3-5,10-11,18H2,1-2H3,(H,19,21). The molecule has 1 aromatic carbocycles. The van der Waals surface area contributed by atoms with Gasteiger partial charge in [-0.3, -0.25) is 15.0 Å². The molecule has 2 amide bonds. The summed E-state index contributed by atoms with van der Waals surface area (Å²) in [5.74, 6) is 5.45. The van der Waals surface area contributed by atoms with Crippen molar-refractivity contribution in [3.05, 3.63) is 29.8 Å². The second-order valence-corrected chi connectivity index (χ2v) is 5.96. The van der Waals surface area contributed by atoms with E-state index in [4.69, 9.17) is 10.6 Å². The lowest BCUT2D eigenvalue weighted by Gasteiger charge is -2.31. The fourth-order valence-corrected chi connectivity index (χ4v) is 2.67. The largest absolute Gasteiger partial charge is 0.491 e. The van der Waals surface area contributed by atoms with E-state index in [0.29, 0.717) is 18.7 Å². The van der Waals surface area contributed by atoms with E-state index in [-0.39, 0.29) is 23.8 Å². The first-order valence-electron chi connectivity index (χ1n) is 8.11. The maximum atomic E-state index is 12.6. The third-order valence-electron chi connectivity index (χ3n) is 4.24. The van der Waals surface area contributed by atoms with Crippen LogP contribution in [0.25, 0.3) is 0 Å². The van der Waals surface area contributed by atoms with E-state index in [2.05, 4.69) is 12.3 Å². The van der Waals surface area contributed by atoms with Crippen LogP contribution in [0.4, 0.5) is 0 Å². The van der Waals surface area contributed by atoms with Crippen LogP contribution >= 0.6 is 0 Å². The van der Waals surface area contributed by atoms with Gasteiger partial charge in [-0.1, -0.05) is 6.92 Å². The Labute approximate surface area is 136 Å². The summed E-state index contributed by atoms with van der Waals surface area (Å²) in [6.45, 7) is 5.15. The van der Waals surface area contributed by atoms with Gasteiger partial charge in [0.1, 0.15) is 5.75 Å². The van der Waals surface area contributed by atoms with E-state index < -0.39 is 0 Å². The van der Waals surface area contributed by atoms with Crippen LogP contribution in [-0.4, -0.2) is 35.9 Å². The van der Waals surface area contributed by atoms with Crippen LogP contribution in [0.1, 0.15) is 43.5 Å². The number of nitrogens with one attached hydrogen (secondary N) is 1. The van der Waals surface area contributed by atoms with Gasteiger partial charge < -0.3 is 9.64 Å². The molecule has 1 saturated heterocycles. The molecule has 2 rings (SSSR count). The molecule has 0 saturated carbocycles. The van der Waals surface area contributed by atoms with Gasteiger partial charge in [0.15, 0.2) is 0 Å². The van der Waals surface area contributed by atoms with E-state index in [0.717, 1.165) is 25.0 Å². The molecule has 0 radical (unpaired) electrons. The molecule has 1 aliphatic heterocycles. The lowest BCUT2D eigenvalue weighted by atomic mass is 9.97. The minimum atomic E-state index is -0.231. The predicted octanol–water partition coefficient (Wildman–Crippen LogP) is 1.71. The molecule has 0 spiro atoms. The molecule has 1 aliphatic rings. The van der Waals surface area contributed by atoms with Gasteiger partial charge in [-0.2, -0.15) is 0 Å². The van der Waals surface area contributed by atoms with Gasteiger partial charge in [0.25, 0.3) is 5.91 Å². The number of hydrogen-bond donors (Lipinski definition) is 2. The fourth-order valence-electron chi connectivity index (χ4n) is 2.67. The average molecular weight is 319 g/mol. The molecule has 6 heteroatoms. The van der Waals surface area contributed by atoms with Gasteiger partial charge in [0, 0.05) is 18.7 Å². The fraction of sp³-hybridized carbons (Fsp3) is 0.529. The summed E-state index contributed by atoms with van der Waals surface area (Å²) >= 11 is 0. The maximum Gasteiger partial charge on any atom is 0.253 e. The van der Waals surface area contributed by atoms with Gasteiger partial charge in [-0.25, -0.2) is 5.84 Å². The number of nitrogens with two attached hydrogens (primary N) is 1. The number of carbonyl (C=O) groups is 2. The number of likely N-dealkylation sites (tertiary alicyclic amines) is 1. The molecular formula is C17H25N3O3. The zero-order valence-electron chi connectivity index (χ0n) is 13.7. The van der Waals surface area contributed by atoms with Gasteiger partial charge in [0.2, 0.25) is 5.91 Å². The molecule has 23 heavy (non-hydrogen) atoms. The number of piperidine rings is 1. The van der Waals surface area contributed by atoms with Crippen LogP contribution in [0, 0.1) is 5.92 Å². The highest BCUT2D eigenvalue weighted by Gasteiger charge is 2.28. The SMILES string of the molecule is CCC(C)Oc1ccc(C(=O)N2CCCC(C(=O)NN)C2)cc1. The van der Waals surface area contributed by atoms with Crippen LogP contribution in [0.2, 0.25) is 0 Å². The molecule has 0 bridgehead atoms. The Morgan fingerprint density at radius 1 is 1.39 bits per heavy atom. The molecule has 126 valence electrons. The number of ether oxygens (including phenoxy) is 1. The Kier molecular flexibility index (Phi) is 5.98. The highest BCUT2D eigenvalue weighted by Crippen LogP contribution is 2.20. The zero-order chi connectivity index (χ0) is 16.8. The smallest absolute Gasteiger partial charge is 0.253 e. The molecule has 2 atom stereocenters. The van der Waals surface area contributed by atoms with Gasteiger partial charge in [0.05, 0.1) is 12.0 Å². The second-order valence-electron chi connectivity index (χ2n) is 5.96. The molecule has 2 unspecified atom stereocenters. The first-order chi connectivity index (χ1) is 11.0. The van der Waals surface area contributed by atoms with Crippen molar-refractivity contribution in [3.63, 3.8) is 0 Å². The van der Waals surface area contributed by atoms with Gasteiger partial charge in [-0.15, -0.1) is 0 Å². The Bertz CT molecular complexity index is 545. The number of rotatable bonds is 5. The van der Waals surface area contributed by atoms with Gasteiger partial charge in [-0.05, 0) is 50.5 Å². The monoisotopic (exact) mass is 319 g/mol. The molecule has 0 aliphatic carbocycles. The van der Waals surface area contributed by atoms with Crippen molar-refractivity contribution in [1.29, 1.82) is 0 Å². The summed E-state index contributed by atoms with van der Waals surface area (Å²) < 4.78 is 5.72. The van der Waals surface area contributed by atoms with Gasteiger partial charge >= 0.3 is 0 Å². The summed E-state index contributed by atoms with van der Waals surface area (Å²) in [5, 5.41) is 0. The summed E-state index contributed by atoms with van der Waals surface area (Å²) in [5.41, 5.74) is 2.78. The Hall–Kier alpha value is -2.08. The molecule has 0 aromatic heterocycles. The molecule has 1 fully saturated rings. The van der Waals surface area contributed by atoms with Crippen molar-refractivity contribution in [2.75, 3.05) is 13.1 Å². The number of carbonyl (C=O) groups excluding carboxylic acids is 2. The summed E-state index contributed by atoms with van der Waals surface area (Å²) in [6, 6.07) is 7.17. The summed E-state index contributed by atoms with van der Waals surface area (Å²) in [6.07, 6.45) is 2.64. The van der Waals surface area contributed by atoms with Crippen LogP contribution < -0.4 is 16.0 Å². The number of benzene rings is 1. The number of amides is 2. The first-order valence-corrected chi connectivity index (χ1v) is 8.11. The lowest BCUT2D eigenvalue weighted by Crippen LogP contribution is -2.46. The lowest BCUT2D eigenvalue weighted by molar-refractivity contribution is -0.126. The summed E-state index contributed by atoms with van der Waals surface area (Å²) in [7, 11) is 0. The Morgan fingerprint density at radius 2 is 2.09 bits per heavy atom. The average Bonchev–Trinajstić information content (AvgIpc) is 2.61. The van der Waals surface area contributed by atoms with Crippen LogP contribution in [0.5, 0.6) is 5.75 Å². The predicted molar refractivity (Wildman–Crippen MR) is 87.8 cm³/mol. The van der Waals surface area contributed by atoms with E-state index in [1.54, 1.807) is 17.0 Å². The number of nitrogens with zero attached hydrogens (tertiary/aromatic N) is 1. The molecule has 1 aromatic rings. The van der Waals surface area contributed by atoms with E-state index in [9.17, 15) is 9.59 Å². The zero-order valence-corrected chi connectivity index (χ0v) is 13.7. The minimum Gasteiger partial charge on any atom is -0.491 e. The third kappa shape index (κ3) is 4.45. The van der Waals surface area contributed by atoms with Crippen molar-refractivity contribution in [1.82, 2.24) is 10.3 Å². The minimum absolute atomic E-state index is 0.0605. The topological polar surface area (TPSA) is 84.7 Å². The highest BCUT2D eigenvalue weighted by atomic mass is 16.5. The quantitative estimate of drug-likeness (QED) is 0.491. The summed E-state index contributed by atoms with van der Waals surface area (Å²) in [4.78, 5) is 25.9. The molecular weight excluding hydrogens is 294 g/mol. The number of hydrazine groups is 1. The second kappa shape index (κ2) is 7.97. The van der Waals surface area contributed by atoms with E-state index >= 15 is 0 Å². The van der Waals surface area contributed by atoms with Crippen molar-refractivity contribution in [2.45, 2.75) is 39.2 Å². The first kappa shape index (κ1) is 17.3. The Morgan fingerprint density at radius 3 is 2.70 bits per heavy atom. The molecule has 1 heterocycles. The van der Waals surface area contributed by atoms with Crippen molar-refractivity contribution in [2.24, 2.45) is 11.8 Å². The Balaban J connectivity index is 2.00. The number of hydrogen-bond acceptors (Lipinski definition) is 4. The van der Waals surface area contributed by atoms with Crippen molar-refractivity contribution >= 4 is 11.8 Å². The van der Waals surface area contributed by atoms with Crippen molar-refractivity contribution in [3.8, 4) is 5.75 Å². The van der Waals surface area contributed by atoms with Crippen LogP contribution in [0.3, 0.4) is 0 Å². The molecule has 6 nitrogen and oxygen atoms in total. The van der Waals surface area contributed by atoms with Crippen molar-refractivity contribution < 1.29 is 14.3 Å². The van der Waals surface area contributed by atoms with Crippen LogP contribution in [-0.2, 0) is 4.79 Å². The maximum absolute atomic E-state index is 12.6. The van der Waals surface area contributed by atoms with E-state index in [1.807, 2.05) is 19.1 Å². The normalized spacial score (nSPS) is 19.1. The van der Waals surface area contributed by atoms with E-state index in [1.165, 1.54) is 0 Å². The highest BCUT2D eigenvalue weighted by molar-refractivity contribution is 5.94. The van der Waals surface area contributed by atoms with Crippen LogP contribution in [0.15, 0.2) is 24.3 Å².